The van der Waals surface area contributed by atoms with Crippen LogP contribution < -0.4 is 9.80 Å². The summed E-state index contributed by atoms with van der Waals surface area (Å²) in [4.78, 5) is 38.7. The molecule has 12 heteroatoms. The van der Waals surface area contributed by atoms with Crippen molar-refractivity contribution in [3.63, 3.8) is 0 Å². The van der Waals surface area contributed by atoms with Crippen LogP contribution in [0.4, 0.5) is 29.8 Å². The van der Waals surface area contributed by atoms with Crippen molar-refractivity contribution in [1.82, 2.24) is 14.9 Å². The molecule has 2 saturated heterocycles. The number of oxazole rings is 1. The minimum absolute atomic E-state index is 0.0259. The third-order valence-corrected chi connectivity index (χ3v) is 7.37. The molecule has 0 aromatic carbocycles. The molecule has 3 aliphatic rings. The molecule has 0 atom stereocenters. The van der Waals surface area contributed by atoms with Crippen LogP contribution in [0.1, 0.15) is 66.8 Å². The summed E-state index contributed by atoms with van der Waals surface area (Å²) >= 11 is 0. The number of carbonyl (C=O) groups is 2. The quantitative estimate of drug-likeness (QED) is 0.492. The molecule has 0 spiro atoms. The lowest BCUT2D eigenvalue weighted by Crippen LogP contribution is -2.49. The Labute approximate surface area is 218 Å². The van der Waals surface area contributed by atoms with Gasteiger partial charge < -0.3 is 23.9 Å². The third-order valence-electron chi connectivity index (χ3n) is 7.37. The van der Waals surface area contributed by atoms with E-state index in [0.29, 0.717) is 50.6 Å². The van der Waals surface area contributed by atoms with Crippen molar-refractivity contribution in [1.29, 1.82) is 0 Å². The van der Waals surface area contributed by atoms with Crippen LogP contribution in [0.5, 0.6) is 0 Å². The van der Waals surface area contributed by atoms with Gasteiger partial charge in [0.25, 0.3) is 6.01 Å². The number of ketones is 1. The van der Waals surface area contributed by atoms with E-state index < -0.39 is 23.4 Å². The van der Waals surface area contributed by atoms with Gasteiger partial charge in [-0.1, -0.05) is 6.07 Å². The molecular formula is C26H32F3N5O4. The average Bonchev–Trinajstić information content (AvgIpc) is 3.60. The Morgan fingerprint density at radius 3 is 2.29 bits per heavy atom. The van der Waals surface area contributed by atoms with Crippen molar-refractivity contribution >= 4 is 23.7 Å². The minimum atomic E-state index is -4.80. The van der Waals surface area contributed by atoms with Gasteiger partial charge in [0, 0.05) is 51.9 Å². The maximum Gasteiger partial charge on any atom is 0.437 e. The molecule has 2 aliphatic heterocycles. The van der Waals surface area contributed by atoms with E-state index >= 15 is 0 Å². The Hall–Kier alpha value is -3.31. The van der Waals surface area contributed by atoms with E-state index in [1.54, 1.807) is 21.9 Å². The van der Waals surface area contributed by atoms with Gasteiger partial charge in [-0.25, -0.2) is 9.78 Å². The van der Waals surface area contributed by atoms with Crippen LogP contribution in [-0.2, 0) is 17.3 Å². The summed E-state index contributed by atoms with van der Waals surface area (Å²) < 4.78 is 51.8. The van der Waals surface area contributed by atoms with Crippen LogP contribution in [0, 0.1) is 0 Å². The first-order valence-corrected chi connectivity index (χ1v) is 13.3. The smallest absolute Gasteiger partial charge is 0.437 e. The van der Waals surface area contributed by atoms with Crippen molar-refractivity contribution in [3.05, 3.63) is 35.3 Å². The lowest BCUT2D eigenvalue weighted by molar-refractivity contribution is -0.141. The average molecular weight is 536 g/mol. The second-order valence-electron chi connectivity index (χ2n) is 10.1. The van der Waals surface area contributed by atoms with Crippen molar-refractivity contribution in [2.75, 3.05) is 49.1 Å². The van der Waals surface area contributed by atoms with Gasteiger partial charge >= 0.3 is 12.3 Å². The van der Waals surface area contributed by atoms with Gasteiger partial charge in [0.2, 0.25) is 11.5 Å². The van der Waals surface area contributed by atoms with Crippen LogP contribution in [0.2, 0.25) is 0 Å². The van der Waals surface area contributed by atoms with Crippen molar-refractivity contribution < 1.29 is 31.9 Å². The molecule has 1 saturated carbocycles. The molecule has 9 nitrogen and oxygen atoms in total. The highest BCUT2D eigenvalue weighted by molar-refractivity contribution is 5.96. The van der Waals surface area contributed by atoms with Gasteiger partial charge in [-0.2, -0.15) is 18.2 Å². The summed E-state index contributed by atoms with van der Waals surface area (Å²) in [5.41, 5.74) is -0.807. The number of piperazine rings is 1. The fraction of sp³-hybridized carbons (Fsp3) is 0.615. The number of amides is 1. The lowest BCUT2D eigenvalue weighted by Gasteiger charge is -2.35. The number of alkyl halides is 3. The fourth-order valence-electron chi connectivity index (χ4n) is 5.23. The maximum absolute atomic E-state index is 13.6. The second kappa shape index (κ2) is 11.2. The van der Waals surface area contributed by atoms with E-state index in [0.717, 1.165) is 44.9 Å². The number of hydrogen-bond acceptors (Lipinski definition) is 8. The molecule has 206 valence electrons. The van der Waals surface area contributed by atoms with E-state index in [1.807, 2.05) is 4.90 Å². The zero-order valence-electron chi connectivity index (χ0n) is 21.2. The molecule has 3 fully saturated rings. The Bertz CT molecular complexity index is 1120. The first-order chi connectivity index (χ1) is 18.3. The second-order valence-corrected chi connectivity index (χ2v) is 10.1. The topological polar surface area (TPSA) is 92.0 Å². The van der Waals surface area contributed by atoms with Crippen LogP contribution in [0.25, 0.3) is 0 Å². The highest BCUT2D eigenvalue weighted by Gasteiger charge is 2.41. The summed E-state index contributed by atoms with van der Waals surface area (Å²) in [6.45, 7) is 3.28. The molecule has 2 aromatic rings. The Balaban J connectivity index is 1.19. The molecule has 1 amide bonds. The summed E-state index contributed by atoms with van der Waals surface area (Å²) in [7, 11) is 0. The number of rotatable bonds is 6. The molecule has 0 radical (unpaired) electrons. The summed E-state index contributed by atoms with van der Waals surface area (Å²) in [5.74, 6) is -0.882. The van der Waals surface area contributed by atoms with Crippen molar-refractivity contribution in [2.45, 2.75) is 63.6 Å². The van der Waals surface area contributed by atoms with Gasteiger partial charge in [-0.05, 0) is 56.6 Å². The number of anilines is 2. The number of carbonyl (C=O) groups excluding carboxylic acids is 2. The zero-order valence-corrected chi connectivity index (χ0v) is 21.2. The standard InChI is InChI=1S/C26H32F3N5O4/c27-26(28,29)23-22(38-24(31-23)33-10-4-1-5-11-33)20(35)16-18-8-9-21(30-17-18)32-12-14-34(15-13-32)25(36)37-19-6-2-3-7-19/h8-9,17,19H,1-7,10-16H2. The number of piperidine rings is 1. The monoisotopic (exact) mass is 535 g/mol. The van der Waals surface area contributed by atoms with E-state index in [1.165, 1.54) is 6.20 Å². The van der Waals surface area contributed by atoms with E-state index in [2.05, 4.69) is 9.97 Å². The molecule has 2 aromatic heterocycles. The Morgan fingerprint density at radius 1 is 0.947 bits per heavy atom. The molecule has 0 unspecified atom stereocenters. The van der Waals surface area contributed by atoms with Gasteiger partial charge in [-0.3, -0.25) is 4.79 Å². The highest BCUT2D eigenvalue weighted by atomic mass is 19.4. The van der Waals surface area contributed by atoms with E-state index in [9.17, 15) is 22.8 Å². The largest absolute Gasteiger partial charge is 0.446 e. The third kappa shape index (κ3) is 6.05. The number of ether oxygens (including phenoxy) is 1. The van der Waals surface area contributed by atoms with Crippen LogP contribution in [0.3, 0.4) is 0 Å². The number of halogens is 3. The van der Waals surface area contributed by atoms with Crippen LogP contribution in [-0.4, -0.2) is 72.1 Å². The number of hydrogen-bond donors (Lipinski definition) is 0. The highest BCUT2D eigenvalue weighted by Crippen LogP contribution is 2.35. The van der Waals surface area contributed by atoms with Gasteiger partial charge in [0.05, 0.1) is 0 Å². The van der Waals surface area contributed by atoms with Crippen LogP contribution in [0.15, 0.2) is 22.7 Å². The van der Waals surface area contributed by atoms with Crippen molar-refractivity contribution in [3.8, 4) is 0 Å². The predicted molar refractivity (Wildman–Crippen MR) is 132 cm³/mol. The van der Waals surface area contributed by atoms with E-state index in [4.69, 9.17) is 9.15 Å². The minimum Gasteiger partial charge on any atom is -0.446 e. The summed E-state index contributed by atoms with van der Waals surface area (Å²) in [5, 5.41) is 0. The summed E-state index contributed by atoms with van der Waals surface area (Å²) in [6.07, 6.45) is 2.89. The number of Topliss-reactive ketones (excluding diaryl/α,β-unsaturated/α-hetero) is 1. The SMILES string of the molecule is O=C(Cc1ccc(N2CCN(C(=O)OC3CCCC3)CC2)nc1)c1oc(N2CCCCC2)nc1C(F)(F)F. The van der Waals surface area contributed by atoms with Gasteiger partial charge in [0.1, 0.15) is 11.9 Å². The first-order valence-electron chi connectivity index (χ1n) is 13.3. The maximum atomic E-state index is 13.6. The molecule has 0 bridgehead atoms. The van der Waals surface area contributed by atoms with Crippen molar-refractivity contribution in [2.24, 2.45) is 0 Å². The predicted octanol–water partition coefficient (Wildman–Crippen LogP) is 4.71. The first kappa shape index (κ1) is 26.3. The Kier molecular flexibility index (Phi) is 7.75. The van der Waals surface area contributed by atoms with E-state index in [-0.39, 0.29) is 24.6 Å². The Morgan fingerprint density at radius 2 is 1.66 bits per heavy atom. The molecule has 1 aliphatic carbocycles. The lowest BCUT2D eigenvalue weighted by atomic mass is 10.1. The zero-order chi connectivity index (χ0) is 26.7. The van der Waals surface area contributed by atoms with Gasteiger partial charge in [0.15, 0.2) is 5.69 Å². The fourth-order valence-corrected chi connectivity index (χ4v) is 5.23. The molecule has 0 N–H and O–H groups in total. The number of pyridine rings is 1. The molecule has 5 rings (SSSR count). The number of nitrogens with zero attached hydrogens (tertiary/aromatic N) is 5. The normalized spacial score (nSPS) is 19.2. The van der Waals surface area contributed by atoms with Gasteiger partial charge in [-0.15, -0.1) is 0 Å². The summed E-state index contributed by atoms with van der Waals surface area (Å²) in [6, 6.07) is 3.26. The molecule has 4 heterocycles. The molecular weight excluding hydrogens is 503 g/mol. The number of aromatic nitrogens is 2. The molecule has 38 heavy (non-hydrogen) atoms. The van der Waals surface area contributed by atoms with Crippen LogP contribution >= 0.6 is 0 Å².